The normalized spacial score (nSPS) is 15.2. The number of hydrogen-bond acceptors (Lipinski definition) is 3. The Morgan fingerprint density at radius 3 is 2.39 bits per heavy atom. The largest absolute Gasteiger partial charge is 0.508 e. The number of hydrogen-bond donors (Lipinski definition) is 1. The number of nitrogens with zero attached hydrogens (tertiary/aromatic N) is 2. The van der Waals surface area contributed by atoms with Crippen LogP contribution in [-0.2, 0) is 10.7 Å². The van der Waals surface area contributed by atoms with Crippen molar-refractivity contribution in [2.75, 3.05) is 4.90 Å². The van der Waals surface area contributed by atoms with Crippen LogP contribution in [0.2, 0.25) is 0 Å². The van der Waals surface area contributed by atoms with Crippen molar-refractivity contribution in [3.05, 3.63) is 83.9 Å². The molecular weight excluding hydrogens is 362 g/mol. The van der Waals surface area contributed by atoms with Crippen molar-refractivity contribution < 1.29 is 18.7 Å². The second-order valence-corrected chi connectivity index (χ2v) is 6.57. The molecule has 0 saturated heterocycles. The van der Waals surface area contributed by atoms with Crippen LogP contribution in [0.4, 0.5) is 25.8 Å². The summed E-state index contributed by atoms with van der Waals surface area (Å²) in [7, 11) is 0. The van der Waals surface area contributed by atoms with E-state index in [2.05, 4.69) is 4.99 Å². The Balaban J connectivity index is 1.82. The van der Waals surface area contributed by atoms with Gasteiger partial charge in [0.25, 0.3) is 11.8 Å². The van der Waals surface area contributed by atoms with Gasteiger partial charge in [0, 0.05) is 23.7 Å². The highest BCUT2D eigenvalue weighted by Gasteiger charge is 2.35. The van der Waals surface area contributed by atoms with E-state index in [1.807, 2.05) is 0 Å². The maximum Gasteiger partial charge on any atom is 0.282 e. The molecule has 6 heteroatoms. The highest BCUT2D eigenvalue weighted by atomic mass is 19.3. The zero-order valence-corrected chi connectivity index (χ0v) is 14.9. The van der Waals surface area contributed by atoms with Crippen LogP contribution < -0.4 is 4.90 Å². The highest BCUT2D eigenvalue weighted by molar-refractivity contribution is 6.56. The number of aliphatic imine (C=N–C) groups is 1. The number of alkyl halides is 2. The van der Waals surface area contributed by atoms with Gasteiger partial charge in [-0.2, -0.15) is 0 Å². The average Bonchev–Trinajstić information content (AvgIpc) is 2.94. The molecule has 0 atom stereocenters. The smallest absolute Gasteiger partial charge is 0.282 e. The van der Waals surface area contributed by atoms with E-state index in [1.165, 1.54) is 35.2 Å². The Kier molecular flexibility index (Phi) is 4.19. The van der Waals surface area contributed by atoms with Gasteiger partial charge in [-0.25, -0.2) is 13.8 Å². The van der Waals surface area contributed by atoms with Crippen molar-refractivity contribution in [3.8, 4) is 5.75 Å². The average molecular weight is 378 g/mol. The predicted octanol–water partition coefficient (Wildman–Crippen LogP) is 5.30. The third-order valence-corrected chi connectivity index (χ3v) is 4.51. The van der Waals surface area contributed by atoms with Crippen LogP contribution in [0.5, 0.6) is 5.75 Å². The van der Waals surface area contributed by atoms with Gasteiger partial charge < -0.3 is 5.11 Å². The van der Waals surface area contributed by atoms with Crippen molar-refractivity contribution in [3.63, 3.8) is 0 Å². The first kappa shape index (κ1) is 17.9. The van der Waals surface area contributed by atoms with Gasteiger partial charge in [-0.3, -0.25) is 9.69 Å². The first-order valence-corrected chi connectivity index (χ1v) is 8.64. The maximum atomic E-state index is 13.6. The summed E-state index contributed by atoms with van der Waals surface area (Å²) in [6.45, 7) is 0.821. The minimum atomic E-state index is -2.99. The third kappa shape index (κ3) is 3.13. The molecule has 0 unspecified atom stereocenters. The lowest BCUT2D eigenvalue weighted by atomic mass is 10.1. The zero-order valence-electron chi connectivity index (χ0n) is 14.9. The van der Waals surface area contributed by atoms with Crippen LogP contribution in [0.1, 0.15) is 18.1 Å². The van der Waals surface area contributed by atoms with E-state index >= 15 is 0 Å². The van der Waals surface area contributed by atoms with E-state index in [0.717, 1.165) is 6.92 Å². The monoisotopic (exact) mass is 378 g/mol. The number of phenolic OH excluding ortho intramolecular Hbond substituents is 1. The molecule has 1 aliphatic heterocycles. The summed E-state index contributed by atoms with van der Waals surface area (Å²) < 4.78 is 27.3. The maximum absolute atomic E-state index is 13.6. The van der Waals surface area contributed by atoms with Gasteiger partial charge in [0.1, 0.15) is 11.5 Å². The molecule has 4 rings (SSSR count). The van der Waals surface area contributed by atoms with Crippen LogP contribution in [0.3, 0.4) is 0 Å². The quantitative estimate of drug-likeness (QED) is 0.672. The SMILES string of the molecule is CC(F)(F)c1cccc(N=C2C(=O)N(c3ccc(O)cc3)c3ccccc32)c1. The summed E-state index contributed by atoms with van der Waals surface area (Å²) in [4.78, 5) is 19.0. The zero-order chi connectivity index (χ0) is 19.9. The molecule has 0 spiro atoms. The molecule has 140 valence electrons. The van der Waals surface area contributed by atoms with Crippen molar-refractivity contribution >= 4 is 28.7 Å². The third-order valence-electron chi connectivity index (χ3n) is 4.51. The number of aromatic hydroxyl groups is 1. The second-order valence-electron chi connectivity index (χ2n) is 6.57. The Labute approximate surface area is 160 Å². The van der Waals surface area contributed by atoms with E-state index in [-0.39, 0.29) is 28.6 Å². The number of phenols is 1. The first-order chi connectivity index (χ1) is 13.3. The molecule has 1 amide bonds. The number of para-hydroxylation sites is 1. The number of halogens is 2. The predicted molar refractivity (Wildman–Crippen MR) is 104 cm³/mol. The molecule has 3 aromatic rings. The molecule has 0 bridgehead atoms. The molecule has 0 aromatic heterocycles. The summed E-state index contributed by atoms with van der Waals surface area (Å²) in [6.07, 6.45) is 0. The lowest BCUT2D eigenvalue weighted by Gasteiger charge is -2.16. The molecule has 0 radical (unpaired) electrons. The molecule has 1 heterocycles. The highest BCUT2D eigenvalue weighted by Crippen LogP contribution is 2.37. The molecule has 1 aliphatic rings. The molecule has 0 saturated carbocycles. The Morgan fingerprint density at radius 1 is 0.964 bits per heavy atom. The van der Waals surface area contributed by atoms with Gasteiger partial charge in [0.15, 0.2) is 0 Å². The topological polar surface area (TPSA) is 52.9 Å². The first-order valence-electron chi connectivity index (χ1n) is 8.64. The van der Waals surface area contributed by atoms with Gasteiger partial charge in [-0.1, -0.05) is 30.3 Å². The van der Waals surface area contributed by atoms with Gasteiger partial charge >= 0.3 is 0 Å². The molecule has 0 aliphatic carbocycles. The van der Waals surface area contributed by atoms with Gasteiger partial charge in [-0.05, 0) is 42.5 Å². The van der Waals surface area contributed by atoms with Crippen LogP contribution in [0.25, 0.3) is 0 Å². The van der Waals surface area contributed by atoms with Crippen molar-refractivity contribution in [2.45, 2.75) is 12.8 Å². The standard InChI is InChI=1S/C22H16F2N2O2/c1-22(23,24)14-5-4-6-15(13-14)25-20-18-7-2-3-8-19(18)26(21(20)28)16-9-11-17(27)12-10-16/h2-13,27H,1H3. The van der Waals surface area contributed by atoms with Crippen molar-refractivity contribution in [1.29, 1.82) is 0 Å². The van der Waals surface area contributed by atoms with Crippen LogP contribution in [0.15, 0.2) is 77.8 Å². The van der Waals surface area contributed by atoms with Gasteiger partial charge in [-0.15, -0.1) is 0 Å². The molecular formula is C22H16F2N2O2. The summed E-state index contributed by atoms with van der Waals surface area (Å²) in [5.41, 5.74) is 2.14. The Morgan fingerprint density at radius 2 is 1.68 bits per heavy atom. The Bertz CT molecular complexity index is 1090. The number of carbonyl (C=O) groups excluding carboxylic acids is 1. The fourth-order valence-electron chi connectivity index (χ4n) is 3.14. The van der Waals surface area contributed by atoms with E-state index in [0.29, 0.717) is 16.9 Å². The fraction of sp³-hybridized carbons (Fsp3) is 0.0909. The Hall–Kier alpha value is -3.54. The molecule has 0 fully saturated rings. The number of rotatable bonds is 3. The number of fused-ring (bicyclic) bond motifs is 1. The summed E-state index contributed by atoms with van der Waals surface area (Å²) >= 11 is 0. The summed E-state index contributed by atoms with van der Waals surface area (Å²) in [5.74, 6) is -3.26. The summed E-state index contributed by atoms with van der Waals surface area (Å²) in [6, 6.07) is 19.1. The fourth-order valence-corrected chi connectivity index (χ4v) is 3.14. The van der Waals surface area contributed by atoms with Crippen LogP contribution in [-0.4, -0.2) is 16.7 Å². The number of amides is 1. The summed E-state index contributed by atoms with van der Waals surface area (Å²) in [5, 5.41) is 9.51. The lowest BCUT2D eigenvalue weighted by Crippen LogP contribution is -2.25. The molecule has 1 N–H and O–H groups in total. The van der Waals surface area contributed by atoms with Gasteiger partial charge in [0.2, 0.25) is 0 Å². The van der Waals surface area contributed by atoms with E-state index in [9.17, 15) is 18.7 Å². The minimum absolute atomic E-state index is 0.0925. The lowest BCUT2D eigenvalue weighted by molar-refractivity contribution is -0.111. The van der Waals surface area contributed by atoms with E-state index in [1.54, 1.807) is 42.5 Å². The van der Waals surface area contributed by atoms with Crippen molar-refractivity contribution in [1.82, 2.24) is 0 Å². The molecule has 4 nitrogen and oxygen atoms in total. The molecule has 3 aromatic carbocycles. The second kappa shape index (κ2) is 6.56. The minimum Gasteiger partial charge on any atom is -0.508 e. The van der Waals surface area contributed by atoms with E-state index in [4.69, 9.17) is 0 Å². The number of carbonyl (C=O) groups is 1. The van der Waals surface area contributed by atoms with Crippen LogP contribution in [0, 0.1) is 0 Å². The van der Waals surface area contributed by atoms with Crippen LogP contribution >= 0.6 is 0 Å². The van der Waals surface area contributed by atoms with Gasteiger partial charge in [0.05, 0.1) is 11.4 Å². The van der Waals surface area contributed by atoms with Crippen molar-refractivity contribution in [2.24, 2.45) is 4.99 Å². The van der Waals surface area contributed by atoms with E-state index < -0.39 is 5.92 Å². The number of anilines is 2. The number of benzene rings is 3. The molecule has 28 heavy (non-hydrogen) atoms.